The Morgan fingerprint density at radius 2 is 1.74 bits per heavy atom. The van der Waals surface area contributed by atoms with Gasteiger partial charge < -0.3 is 9.47 Å². The molecule has 0 spiro atoms. The largest absolute Gasteiger partial charge is 0.422 e. The van der Waals surface area contributed by atoms with Crippen LogP contribution >= 0.6 is 0 Å². The Bertz CT molecular complexity index is 1010. The summed E-state index contributed by atoms with van der Waals surface area (Å²) in [4.78, 5) is 26.9. The van der Waals surface area contributed by atoms with Gasteiger partial charge in [-0.15, -0.1) is 0 Å². The van der Waals surface area contributed by atoms with Crippen LogP contribution in [0.25, 0.3) is 11.1 Å². The molecular weight excluding hydrogens is 390 g/mol. The molecule has 1 aliphatic heterocycles. The zero-order valence-electron chi connectivity index (χ0n) is 18.9. The fourth-order valence-electron chi connectivity index (χ4n) is 5.12. The second-order valence-corrected chi connectivity index (χ2v) is 8.25. The highest BCUT2D eigenvalue weighted by Crippen LogP contribution is 2.55. The van der Waals surface area contributed by atoms with Crippen molar-refractivity contribution < 1.29 is 19.1 Å². The average Bonchev–Trinajstić information content (AvgIpc) is 3.08. The first-order valence-electron chi connectivity index (χ1n) is 11.5. The number of rotatable bonds is 7. The van der Waals surface area contributed by atoms with Crippen LogP contribution < -0.4 is 9.47 Å². The summed E-state index contributed by atoms with van der Waals surface area (Å²) >= 11 is 0. The molecule has 2 aromatic carbocycles. The van der Waals surface area contributed by atoms with Crippen LogP contribution in [0.3, 0.4) is 0 Å². The molecular formula is C26H31NO4. The SMILES string of the molecule is CCC[C@H]1c2cccc3c2[C@@H](Cc2ccc(OC(=O)CC)c(OC(=O)CC)c2-3)N1CC. The highest BCUT2D eigenvalue weighted by atomic mass is 16.6. The Morgan fingerprint density at radius 1 is 1.00 bits per heavy atom. The van der Waals surface area contributed by atoms with Gasteiger partial charge in [0.25, 0.3) is 0 Å². The summed E-state index contributed by atoms with van der Waals surface area (Å²) in [5.74, 6) is 0.00993. The number of likely N-dealkylation sites (N-methyl/N-ethyl adjacent to an activating group) is 1. The van der Waals surface area contributed by atoms with Crippen LogP contribution in [0.15, 0.2) is 30.3 Å². The van der Waals surface area contributed by atoms with Crippen LogP contribution in [0.1, 0.15) is 82.2 Å². The Labute approximate surface area is 184 Å². The third-order valence-electron chi connectivity index (χ3n) is 6.47. The van der Waals surface area contributed by atoms with Gasteiger partial charge in [0.05, 0.1) is 0 Å². The normalized spacial score (nSPS) is 19.0. The van der Waals surface area contributed by atoms with E-state index in [0.29, 0.717) is 23.6 Å². The summed E-state index contributed by atoms with van der Waals surface area (Å²) in [6.45, 7) is 8.96. The van der Waals surface area contributed by atoms with Crippen LogP contribution in [0.4, 0.5) is 0 Å². The molecule has 0 N–H and O–H groups in total. The van der Waals surface area contributed by atoms with Gasteiger partial charge in [0.1, 0.15) is 0 Å². The Morgan fingerprint density at radius 3 is 2.42 bits per heavy atom. The molecule has 2 atom stereocenters. The minimum atomic E-state index is -0.346. The monoisotopic (exact) mass is 421 g/mol. The highest BCUT2D eigenvalue weighted by molar-refractivity contribution is 5.87. The zero-order chi connectivity index (χ0) is 22.1. The second kappa shape index (κ2) is 8.83. The molecule has 0 radical (unpaired) electrons. The van der Waals surface area contributed by atoms with Crippen molar-refractivity contribution in [1.29, 1.82) is 0 Å². The molecule has 2 aliphatic rings. The second-order valence-electron chi connectivity index (χ2n) is 8.25. The van der Waals surface area contributed by atoms with E-state index in [4.69, 9.17) is 9.47 Å². The lowest BCUT2D eigenvalue weighted by atomic mass is 9.81. The molecule has 164 valence electrons. The van der Waals surface area contributed by atoms with Crippen molar-refractivity contribution in [2.45, 2.75) is 71.9 Å². The fraction of sp³-hybridized carbons (Fsp3) is 0.462. The smallest absolute Gasteiger partial charge is 0.311 e. The van der Waals surface area contributed by atoms with E-state index in [1.54, 1.807) is 19.9 Å². The van der Waals surface area contributed by atoms with Gasteiger partial charge in [0, 0.05) is 30.5 Å². The van der Waals surface area contributed by atoms with E-state index < -0.39 is 0 Å². The number of carbonyl (C=O) groups excluding carboxylic acids is 2. The first-order chi connectivity index (χ1) is 15.0. The van der Waals surface area contributed by atoms with Crippen molar-refractivity contribution >= 4 is 11.9 Å². The molecule has 0 unspecified atom stereocenters. The van der Waals surface area contributed by atoms with Gasteiger partial charge in [0.2, 0.25) is 0 Å². The molecule has 2 aromatic rings. The van der Waals surface area contributed by atoms with E-state index >= 15 is 0 Å². The molecule has 0 fully saturated rings. The standard InChI is InChI=1S/C26H31NO4/c1-5-10-19-17-11-9-12-18-24-16(15-20(25(17)18)27(19)8-4)13-14-21(30-22(28)6-2)26(24)31-23(29)7-3/h9,11-14,19-20H,5-8,10,15H2,1-4H3/t19-,20+/m0/s1. The van der Waals surface area contributed by atoms with Crippen LogP contribution in [0.2, 0.25) is 0 Å². The Kier molecular flexibility index (Phi) is 6.15. The van der Waals surface area contributed by atoms with Crippen molar-refractivity contribution in [3.8, 4) is 22.6 Å². The number of ether oxygens (including phenoxy) is 2. The van der Waals surface area contributed by atoms with Crippen LogP contribution in [0.5, 0.6) is 11.5 Å². The van der Waals surface area contributed by atoms with E-state index in [9.17, 15) is 9.59 Å². The average molecular weight is 422 g/mol. The van der Waals surface area contributed by atoms with Gasteiger partial charge in [-0.3, -0.25) is 14.5 Å². The van der Waals surface area contributed by atoms with Crippen molar-refractivity contribution in [3.05, 3.63) is 47.0 Å². The molecule has 0 bridgehead atoms. The van der Waals surface area contributed by atoms with Crippen molar-refractivity contribution in [1.82, 2.24) is 4.90 Å². The number of hydrogen-bond acceptors (Lipinski definition) is 5. The summed E-state index contributed by atoms with van der Waals surface area (Å²) in [6.07, 6.45) is 3.61. The number of hydrogen-bond donors (Lipinski definition) is 0. The quantitative estimate of drug-likeness (QED) is 0.420. The maximum atomic E-state index is 12.3. The van der Waals surface area contributed by atoms with Gasteiger partial charge in [-0.2, -0.15) is 0 Å². The first kappa shape index (κ1) is 21.6. The lowest BCUT2D eigenvalue weighted by Crippen LogP contribution is -2.28. The van der Waals surface area contributed by atoms with Gasteiger partial charge in [-0.05, 0) is 47.7 Å². The molecule has 1 heterocycles. The van der Waals surface area contributed by atoms with E-state index in [-0.39, 0.29) is 24.8 Å². The summed E-state index contributed by atoms with van der Waals surface area (Å²) < 4.78 is 11.4. The first-order valence-corrected chi connectivity index (χ1v) is 11.5. The van der Waals surface area contributed by atoms with E-state index in [1.807, 2.05) is 6.07 Å². The van der Waals surface area contributed by atoms with E-state index in [2.05, 4.69) is 36.9 Å². The molecule has 4 rings (SSSR count). The van der Waals surface area contributed by atoms with Crippen molar-refractivity contribution in [2.24, 2.45) is 0 Å². The van der Waals surface area contributed by atoms with Gasteiger partial charge in [-0.1, -0.05) is 58.4 Å². The third kappa shape index (κ3) is 3.65. The summed E-state index contributed by atoms with van der Waals surface area (Å²) in [6, 6.07) is 11.0. The molecule has 0 saturated carbocycles. The predicted molar refractivity (Wildman–Crippen MR) is 120 cm³/mol. The van der Waals surface area contributed by atoms with Gasteiger partial charge >= 0.3 is 11.9 Å². The zero-order valence-corrected chi connectivity index (χ0v) is 18.9. The molecule has 0 aromatic heterocycles. The molecule has 31 heavy (non-hydrogen) atoms. The number of benzene rings is 2. The predicted octanol–water partition coefficient (Wildman–Crippen LogP) is 5.76. The Hall–Kier alpha value is -2.66. The minimum absolute atomic E-state index is 0.253. The topological polar surface area (TPSA) is 55.8 Å². The van der Waals surface area contributed by atoms with Crippen LogP contribution in [-0.2, 0) is 16.0 Å². The van der Waals surface area contributed by atoms with Gasteiger partial charge in [0.15, 0.2) is 11.5 Å². The number of esters is 2. The van der Waals surface area contributed by atoms with Gasteiger partial charge in [-0.25, -0.2) is 0 Å². The minimum Gasteiger partial charge on any atom is -0.422 e. The van der Waals surface area contributed by atoms with Crippen LogP contribution in [-0.4, -0.2) is 23.4 Å². The number of fused-ring (bicyclic) bond motifs is 2. The molecule has 5 heteroatoms. The van der Waals surface area contributed by atoms with Crippen molar-refractivity contribution in [3.63, 3.8) is 0 Å². The lowest BCUT2D eigenvalue weighted by molar-refractivity contribution is -0.136. The fourth-order valence-corrected chi connectivity index (χ4v) is 5.12. The lowest BCUT2D eigenvalue weighted by Gasteiger charge is -2.33. The summed E-state index contributed by atoms with van der Waals surface area (Å²) in [7, 11) is 0. The van der Waals surface area contributed by atoms with Crippen molar-refractivity contribution in [2.75, 3.05) is 6.54 Å². The molecule has 1 aliphatic carbocycles. The maximum Gasteiger partial charge on any atom is 0.311 e. The molecule has 0 amide bonds. The Balaban J connectivity index is 1.91. The maximum absolute atomic E-state index is 12.3. The molecule has 5 nitrogen and oxygen atoms in total. The number of nitrogens with zero attached hydrogens (tertiary/aromatic N) is 1. The summed E-state index contributed by atoms with van der Waals surface area (Å²) in [5.41, 5.74) is 5.82. The third-order valence-corrected chi connectivity index (χ3v) is 6.47. The van der Waals surface area contributed by atoms with E-state index in [1.165, 1.54) is 11.1 Å². The summed E-state index contributed by atoms with van der Waals surface area (Å²) in [5, 5.41) is 0. The van der Waals surface area contributed by atoms with E-state index in [0.717, 1.165) is 42.5 Å². The highest BCUT2D eigenvalue weighted by Gasteiger charge is 2.42. The van der Waals surface area contributed by atoms with Crippen LogP contribution in [0, 0.1) is 0 Å². The molecule has 0 saturated heterocycles. The number of carbonyl (C=O) groups is 2.